The average Bonchev–Trinajstić information content (AvgIpc) is 3.14. The molecule has 0 spiro atoms. The van der Waals surface area contributed by atoms with E-state index in [1.54, 1.807) is 21.9 Å². The van der Waals surface area contributed by atoms with Crippen molar-refractivity contribution in [1.29, 1.82) is 0 Å². The Kier molecular flexibility index (Phi) is 4.32. The normalized spacial score (nSPS) is 21.8. The highest BCUT2D eigenvalue weighted by atomic mass is 35.5. The van der Waals surface area contributed by atoms with Gasteiger partial charge in [-0.25, -0.2) is 4.79 Å². The minimum atomic E-state index is -0.203. The molecular formula is C20H20ClN3O2. The lowest BCUT2D eigenvalue weighted by Gasteiger charge is -2.25. The zero-order valence-corrected chi connectivity index (χ0v) is 15.2. The highest BCUT2D eigenvalue weighted by Crippen LogP contribution is 2.32. The molecule has 0 aliphatic carbocycles. The molecule has 0 bridgehead atoms. The van der Waals surface area contributed by atoms with Gasteiger partial charge in [-0.2, -0.15) is 0 Å². The number of carbonyl (C=O) groups excluding carboxylic acids is 2. The van der Waals surface area contributed by atoms with Crippen LogP contribution in [0.15, 0.2) is 48.5 Å². The molecule has 2 aromatic rings. The van der Waals surface area contributed by atoms with Gasteiger partial charge in [0, 0.05) is 35.4 Å². The zero-order valence-electron chi connectivity index (χ0n) is 14.5. The van der Waals surface area contributed by atoms with Crippen LogP contribution in [-0.2, 0) is 11.2 Å². The third-order valence-electron chi connectivity index (χ3n) is 5.02. The van der Waals surface area contributed by atoms with Crippen LogP contribution in [0.4, 0.5) is 16.2 Å². The van der Waals surface area contributed by atoms with E-state index in [2.05, 4.69) is 11.4 Å². The summed E-state index contributed by atoms with van der Waals surface area (Å²) in [5, 5.41) is 3.66. The third-order valence-corrected chi connectivity index (χ3v) is 5.27. The van der Waals surface area contributed by atoms with E-state index in [9.17, 15) is 9.59 Å². The van der Waals surface area contributed by atoms with Gasteiger partial charge in [0.1, 0.15) is 0 Å². The molecule has 4 rings (SSSR count). The second-order valence-electron chi connectivity index (χ2n) is 6.88. The van der Waals surface area contributed by atoms with Gasteiger partial charge in [0.15, 0.2) is 0 Å². The van der Waals surface area contributed by atoms with E-state index in [-0.39, 0.29) is 24.0 Å². The summed E-state index contributed by atoms with van der Waals surface area (Å²) in [7, 11) is 0. The summed E-state index contributed by atoms with van der Waals surface area (Å²) in [5.41, 5.74) is 2.94. The molecule has 3 amide bonds. The SMILES string of the molecule is C[C@H]1Cc2ccccc2N1C(=O)N[C@@H]1CC(=O)N(c2ccc(Cl)cc2)C1. The van der Waals surface area contributed by atoms with Crippen molar-refractivity contribution >= 4 is 34.9 Å². The molecular weight excluding hydrogens is 350 g/mol. The molecule has 2 aromatic carbocycles. The molecule has 2 atom stereocenters. The number of nitrogens with one attached hydrogen (secondary N) is 1. The van der Waals surface area contributed by atoms with Crippen molar-refractivity contribution in [3.05, 3.63) is 59.1 Å². The van der Waals surface area contributed by atoms with Crippen molar-refractivity contribution in [1.82, 2.24) is 5.32 Å². The first-order valence-electron chi connectivity index (χ1n) is 8.76. The van der Waals surface area contributed by atoms with Crippen LogP contribution < -0.4 is 15.1 Å². The molecule has 134 valence electrons. The van der Waals surface area contributed by atoms with Crippen molar-refractivity contribution in [3.8, 4) is 0 Å². The quantitative estimate of drug-likeness (QED) is 0.879. The summed E-state index contributed by atoms with van der Waals surface area (Å²) in [5.74, 6) is 0.00694. The lowest BCUT2D eigenvalue weighted by molar-refractivity contribution is -0.117. The largest absolute Gasteiger partial charge is 0.333 e. The summed E-state index contributed by atoms with van der Waals surface area (Å²) < 4.78 is 0. The molecule has 1 fully saturated rings. The predicted octanol–water partition coefficient (Wildman–Crippen LogP) is 3.61. The van der Waals surface area contributed by atoms with E-state index in [0.29, 0.717) is 18.0 Å². The van der Waals surface area contributed by atoms with E-state index in [1.807, 2.05) is 37.3 Å². The van der Waals surface area contributed by atoms with Crippen molar-refractivity contribution in [3.63, 3.8) is 0 Å². The van der Waals surface area contributed by atoms with Gasteiger partial charge in [0.2, 0.25) is 5.91 Å². The van der Waals surface area contributed by atoms with Crippen molar-refractivity contribution in [2.45, 2.75) is 31.8 Å². The van der Waals surface area contributed by atoms with E-state index in [4.69, 9.17) is 11.6 Å². The molecule has 5 nitrogen and oxygen atoms in total. The molecule has 0 unspecified atom stereocenters. The Bertz CT molecular complexity index is 852. The number of benzene rings is 2. The Morgan fingerprint density at radius 3 is 2.62 bits per heavy atom. The minimum absolute atomic E-state index is 0.00694. The van der Waals surface area contributed by atoms with Gasteiger partial charge < -0.3 is 10.2 Å². The van der Waals surface area contributed by atoms with Crippen LogP contribution >= 0.6 is 11.6 Å². The lowest BCUT2D eigenvalue weighted by atomic mass is 10.1. The Balaban J connectivity index is 1.46. The third kappa shape index (κ3) is 3.03. The van der Waals surface area contributed by atoms with Gasteiger partial charge in [-0.1, -0.05) is 29.8 Å². The van der Waals surface area contributed by atoms with Gasteiger partial charge in [0.05, 0.1) is 6.04 Å². The van der Waals surface area contributed by atoms with Crippen LogP contribution in [0, 0.1) is 0 Å². The number of urea groups is 1. The summed E-state index contributed by atoms with van der Waals surface area (Å²) in [6.45, 7) is 2.51. The number of para-hydroxylation sites is 1. The number of rotatable bonds is 2. The average molecular weight is 370 g/mol. The fraction of sp³-hybridized carbons (Fsp3) is 0.300. The van der Waals surface area contributed by atoms with Crippen LogP contribution in [-0.4, -0.2) is 30.6 Å². The molecule has 1 saturated heterocycles. The van der Waals surface area contributed by atoms with Crippen LogP contribution in [0.1, 0.15) is 18.9 Å². The number of fused-ring (bicyclic) bond motifs is 1. The number of halogens is 1. The Morgan fingerprint density at radius 1 is 1.12 bits per heavy atom. The topological polar surface area (TPSA) is 52.7 Å². The Hall–Kier alpha value is -2.53. The Morgan fingerprint density at radius 2 is 1.85 bits per heavy atom. The summed E-state index contributed by atoms with van der Waals surface area (Å²) in [4.78, 5) is 28.7. The van der Waals surface area contributed by atoms with Crippen LogP contribution in [0.3, 0.4) is 0 Å². The maximum atomic E-state index is 12.8. The first kappa shape index (κ1) is 16.9. The standard InChI is InChI=1S/C20H20ClN3O2/c1-13-10-14-4-2-3-5-18(14)24(13)20(26)22-16-11-19(25)23(12-16)17-8-6-15(21)7-9-17/h2-9,13,16H,10-12H2,1H3,(H,22,26)/t13-,16+/m0/s1. The monoisotopic (exact) mass is 369 g/mol. The van der Waals surface area contributed by atoms with Crippen LogP contribution in [0.25, 0.3) is 0 Å². The van der Waals surface area contributed by atoms with Crippen molar-refractivity contribution in [2.24, 2.45) is 0 Å². The maximum absolute atomic E-state index is 12.8. The smallest absolute Gasteiger partial charge is 0.322 e. The van der Waals surface area contributed by atoms with E-state index >= 15 is 0 Å². The Labute approximate surface area is 157 Å². The summed E-state index contributed by atoms with van der Waals surface area (Å²) in [6, 6.07) is 14.9. The second-order valence-corrected chi connectivity index (χ2v) is 7.32. The van der Waals surface area contributed by atoms with Gasteiger partial charge in [-0.15, -0.1) is 0 Å². The summed E-state index contributed by atoms with van der Waals surface area (Å²) >= 11 is 5.91. The lowest BCUT2D eigenvalue weighted by Crippen LogP contribution is -2.48. The molecule has 0 aromatic heterocycles. The second kappa shape index (κ2) is 6.65. The van der Waals surface area contributed by atoms with Gasteiger partial charge in [-0.3, -0.25) is 9.69 Å². The maximum Gasteiger partial charge on any atom is 0.322 e. The molecule has 6 heteroatoms. The molecule has 0 radical (unpaired) electrons. The number of hydrogen-bond acceptors (Lipinski definition) is 2. The number of anilines is 2. The van der Waals surface area contributed by atoms with Gasteiger partial charge in [0.25, 0.3) is 0 Å². The molecule has 2 aliphatic heterocycles. The number of nitrogens with zero attached hydrogens (tertiary/aromatic N) is 2. The minimum Gasteiger partial charge on any atom is -0.333 e. The first-order valence-corrected chi connectivity index (χ1v) is 9.14. The number of hydrogen-bond donors (Lipinski definition) is 1. The van der Waals surface area contributed by atoms with Crippen molar-refractivity contribution in [2.75, 3.05) is 16.3 Å². The molecule has 2 heterocycles. The van der Waals surface area contributed by atoms with E-state index < -0.39 is 0 Å². The van der Waals surface area contributed by atoms with E-state index in [0.717, 1.165) is 17.8 Å². The number of amides is 3. The molecule has 0 saturated carbocycles. The van der Waals surface area contributed by atoms with Gasteiger partial charge >= 0.3 is 6.03 Å². The highest BCUT2D eigenvalue weighted by Gasteiger charge is 2.35. The number of carbonyl (C=O) groups is 2. The molecule has 1 N–H and O–H groups in total. The van der Waals surface area contributed by atoms with E-state index in [1.165, 1.54) is 5.56 Å². The first-order chi connectivity index (χ1) is 12.5. The van der Waals surface area contributed by atoms with Gasteiger partial charge in [-0.05, 0) is 49.2 Å². The molecule has 26 heavy (non-hydrogen) atoms. The fourth-order valence-electron chi connectivity index (χ4n) is 3.79. The van der Waals surface area contributed by atoms with Crippen LogP contribution in [0.5, 0.6) is 0 Å². The molecule has 2 aliphatic rings. The van der Waals surface area contributed by atoms with Crippen molar-refractivity contribution < 1.29 is 9.59 Å². The zero-order chi connectivity index (χ0) is 18.3. The van der Waals surface area contributed by atoms with Crippen LogP contribution in [0.2, 0.25) is 5.02 Å². The fourth-order valence-corrected chi connectivity index (χ4v) is 3.92. The predicted molar refractivity (Wildman–Crippen MR) is 103 cm³/mol. The summed E-state index contributed by atoms with van der Waals surface area (Å²) in [6.07, 6.45) is 1.16. The highest BCUT2D eigenvalue weighted by molar-refractivity contribution is 6.30.